The number of carbonyl (C=O) groups is 1. The fourth-order valence-corrected chi connectivity index (χ4v) is 3.57. The molecule has 0 saturated carbocycles. The number of piperazine rings is 1. The summed E-state index contributed by atoms with van der Waals surface area (Å²) in [6.45, 7) is 11.2. The molecule has 0 aromatic carbocycles. The maximum atomic E-state index is 12.1. The number of aryl methyl sites for hydroxylation is 2. The third kappa shape index (κ3) is 4.76. The fourth-order valence-electron chi connectivity index (χ4n) is 2.66. The van der Waals surface area contributed by atoms with Crippen molar-refractivity contribution in [3.63, 3.8) is 0 Å². The van der Waals surface area contributed by atoms with E-state index in [1.165, 1.54) is 4.88 Å². The zero-order valence-electron chi connectivity index (χ0n) is 13.5. The summed E-state index contributed by atoms with van der Waals surface area (Å²) in [6, 6.07) is -0.00469. The van der Waals surface area contributed by atoms with Crippen molar-refractivity contribution in [3.05, 3.63) is 15.6 Å². The quantitative estimate of drug-likeness (QED) is 0.897. The Hall–Kier alpha value is -0.980. The molecule has 1 unspecified atom stereocenters. The van der Waals surface area contributed by atoms with Crippen LogP contribution in [-0.2, 0) is 4.79 Å². The normalized spacial score (nSPS) is 18.7. The third-order valence-electron chi connectivity index (χ3n) is 3.98. The Labute approximate surface area is 131 Å². The summed E-state index contributed by atoms with van der Waals surface area (Å²) in [6.07, 6.45) is 0.566. The minimum atomic E-state index is -0.00469. The molecule has 1 aliphatic rings. The molecule has 21 heavy (non-hydrogen) atoms. The SMILES string of the molecule is Cc1nc(C(C)NC(=O)CCN2CCN(C)CC2)c(C)s1. The van der Waals surface area contributed by atoms with Crippen molar-refractivity contribution in [2.45, 2.75) is 33.2 Å². The van der Waals surface area contributed by atoms with Gasteiger partial charge in [-0.15, -0.1) is 11.3 Å². The summed E-state index contributed by atoms with van der Waals surface area (Å²) < 4.78 is 0. The van der Waals surface area contributed by atoms with E-state index in [0.717, 1.165) is 43.4 Å². The standard InChI is InChI=1S/C15H26N4OS/c1-11(15-12(2)21-13(3)17-15)16-14(20)5-6-19-9-7-18(4)8-10-19/h11H,5-10H2,1-4H3,(H,16,20). The molecule has 2 rings (SSSR count). The van der Waals surface area contributed by atoms with Gasteiger partial charge >= 0.3 is 0 Å². The molecule has 1 fully saturated rings. The number of nitrogens with one attached hydrogen (secondary N) is 1. The van der Waals surface area contributed by atoms with E-state index in [9.17, 15) is 4.79 Å². The van der Waals surface area contributed by atoms with Gasteiger partial charge in [-0.3, -0.25) is 4.79 Å². The smallest absolute Gasteiger partial charge is 0.221 e. The Kier molecular flexibility index (Phi) is 5.72. The Bertz CT molecular complexity index is 480. The highest BCUT2D eigenvalue weighted by Crippen LogP contribution is 2.22. The molecular formula is C15H26N4OS. The van der Waals surface area contributed by atoms with Gasteiger partial charge in [-0.25, -0.2) is 4.98 Å². The highest BCUT2D eigenvalue weighted by molar-refractivity contribution is 7.11. The van der Waals surface area contributed by atoms with Gasteiger partial charge in [0, 0.05) is 44.0 Å². The molecular weight excluding hydrogens is 284 g/mol. The number of thiazole rings is 1. The zero-order valence-corrected chi connectivity index (χ0v) is 14.3. The maximum absolute atomic E-state index is 12.1. The zero-order chi connectivity index (χ0) is 15.4. The lowest BCUT2D eigenvalue weighted by Gasteiger charge is -2.32. The van der Waals surface area contributed by atoms with Gasteiger partial charge in [0.05, 0.1) is 16.7 Å². The van der Waals surface area contributed by atoms with Crippen LogP contribution in [0, 0.1) is 13.8 Å². The lowest BCUT2D eigenvalue weighted by molar-refractivity contribution is -0.122. The van der Waals surface area contributed by atoms with Crippen LogP contribution in [-0.4, -0.2) is 60.5 Å². The van der Waals surface area contributed by atoms with E-state index in [-0.39, 0.29) is 11.9 Å². The van der Waals surface area contributed by atoms with Crippen LogP contribution in [0.4, 0.5) is 0 Å². The predicted octanol–water partition coefficient (Wildman–Crippen LogP) is 1.57. The molecule has 1 aromatic heterocycles. The number of carbonyl (C=O) groups excluding carboxylic acids is 1. The highest BCUT2D eigenvalue weighted by atomic mass is 32.1. The molecule has 0 spiro atoms. The topological polar surface area (TPSA) is 48.5 Å². The molecule has 6 heteroatoms. The lowest BCUT2D eigenvalue weighted by Crippen LogP contribution is -2.45. The van der Waals surface area contributed by atoms with Crippen LogP contribution in [0.1, 0.15) is 35.0 Å². The van der Waals surface area contributed by atoms with Gasteiger partial charge in [-0.05, 0) is 27.8 Å². The number of hydrogen-bond acceptors (Lipinski definition) is 5. The molecule has 2 heterocycles. The Morgan fingerprint density at radius 1 is 1.33 bits per heavy atom. The average molecular weight is 310 g/mol. The van der Waals surface area contributed by atoms with Gasteiger partial charge in [0.15, 0.2) is 0 Å². The molecule has 1 atom stereocenters. The van der Waals surface area contributed by atoms with Crippen molar-refractivity contribution in [1.82, 2.24) is 20.1 Å². The second-order valence-corrected chi connectivity index (χ2v) is 7.27. The van der Waals surface area contributed by atoms with Crippen molar-refractivity contribution in [2.75, 3.05) is 39.8 Å². The summed E-state index contributed by atoms with van der Waals surface area (Å²) >= 11 is 1.69. The van der Waals surface area contributed by atoms with Crippen LogP contribution < -0.4 is 5.32 Å². The number of likely N-dealkylation sites (N-methyl/N-ethyl adjacent to an activating group) is 1. The Morgan fingerprint density at radius 2 is 2.00 bits per heavy atom. The molecule has 1 aromatic rings. The van der Waals surface area contributed by atoms with Crippen molar-refractivity contribution in [3.8, 4) is 0 Å². The first-order valence-corrected chi connectivity index (χ1v) is 8.41. The fraction of sp³-hybridized carbons (Fsp3) is 0.733. The molecule has 1 saturated heterocycles. The van der Waals surface area contributed by atoms with Crippen molar-refractivity contribution >= 4 is 17.2 Å². The van der Waals surface area contributed by atoms with Gasteiger partial charge in [-0.2, -0.15) is 0 Å². The molecule has 1 aliphatic heterocycles. The number of amides is 1. The molecule has 1 N–H and O–H groups in total. The van der Waals surface area contributed by atoms with E-state index in [1.54, 1.807) is 11.3 Å². The van der Waals surface area contributed by atoms with Crippen LogP contribution in [0.25, 0.3) is 0 Å². The van der Waals surface area contributed by atoms with Gasteiger partial charge in [-0.1, -0.05) is 0 Å². The maximum Gasteiger partial charge on any atom is 0.221 e. The molecule has 1 amide bonds. The number of rotatable bonds is 5. The van der Waals surface area contributed by atoms with Crippen LogP contribution >= 0.6 is 11.3 Å². The van der Waals surface area contributed by atoms with Crippen LogP contribution in [0.2, 0.25) is 0 Å². The third-order valence-corrected chi connectivity index (χ3v) is 4.88. The van der Waals surface area contributed by atoms with E-state index in [1.807, 2.05) is 13.8 Å². The summed E-state index contributed by atoms with van der Waals surface area (Å²) in [7, 11) is 2.14. The van der Waals surface area contributed by atoms with Crippen molar-refractivity contribution in [2.24, 2.45) is 0 Å². The van der Waals surface area contributed by atoms with Gasteiger partial charge in [0.1, 0.15) is 0 Å². The van der Waals surface area contributed by atoms with Crippen LogP contribution in [0.5, 0.6) is 0 Å². The van der Waals surface area contributed by atoms with E-state index >= 15 is 0 Å². The Balaban J connectivity index is 1.75. The Morgan fingerprint density at radius 3 is 2.57 bits per heavy atom. The summed E-state index contributed by atoms with van der Waals surface area (Å²) in [5.41, 5.74) is 1.01. The number of nitrogens with zero attached hydrogens (tertiary/aromatic N) is 3. The van der Waals surface area contributed by atoms with Crippen LogP contribution in [0.15, 0.2) is 0 Å². The van der Waals surface area contributed by atoms with E-state index in [2.05, 4.69) is 34.1 Å². The van der Waals surface area contributed by atoms with Gasteiger partial charge < -0.3 is 15.1 Å². The molecule has 5 nitrogen and oxygen atoms in total. The number of aromatic nitrogens is 1. The second kappa shape index (κ2) is 7.33. The average Bonchev–Trinajstić information content (AvgIpc) is 2.77. The first-order valence-electron chi connectivity index (χ1n) is 7.60. The van der Waals surface area contributed by atoms with Crippen molar-refractivity contribution in [1.29, 1.82) is 0 Å². The van der Waals surface area contributed by atoms with E-state index < -0.39 is 0 Å². The minimum absolute atomic E-state index is 0.00469. The summed E-state index contributed by atoms with van der Waals surface area (Å²) in [4.78, 5) is 22.5. The highest BCUT2D eigenvalue weighted by Gasteiger charge is 2.17. The largest absolute Gasteiger partial charge is 0.348 e. The van der Waals surface area contributed by atoms with Gasteiger partial charge in [0.25, 0.3) is 0 Å². The second-order valence-electron chi connectivity index (χ2n) is 5.86. The molecule has 0 radical (unpaired) electrons. The predicted molar refractivity (Wildman–Crippen MR) is 86.7 cm³/mol. The first kappa shape index (κ1) is 16.4. The van der Waals surface area contributed by atoms with Crippen LogP contribution in [0.3, 0.4) is 0 Å². The summed E-state index contributed by atoms with van der Waals surface area (Å²) in [5.74, 6) is 0.117. The van der Waals surface area contributed by atoms with Crippen molar-refractivity contribution < 1.29 is 4.79 Å². The molecule has 118 valence electrons. The monoisotopic (exact) mass is 310 g/mol. The van der Waals surface area contributed by atoms with E-state index in [4.69, 9.17) is 0 Å². The molecule has 0 bridgehead atoms. The minimum Gasteiger partial charge on any atom is -0.348 e. The summed E-state index contributed by atoms with van der Waals surface area (Å²) in [5, 5.41) is 4.12. The first-order chi connectivity index (χ1) is 9.95. The molecule has 0 aliphatic carbocycles. The van der Waals surface area contributed by atoms with Gasteiger partial charge in [0.2, 0.25) is 5.91 Å². The van der Waals surface area contributed by atoms with E-state index in [0.29, 0.717) is 6.42 Å². The number of hydrogen-bond donors (Lipinski definition) is 1. The lowest BCUT2D eigenvalue weighted by atomic mass is 10.2.